The predicted molar refractivity (Wildman–Crippen MR) is 100 cm³/mol. The van der Waals surface area contributed by atoms with Crippen LogP contribution in [-0.4, -0.2) is 28.2 Å². The number of aromatic nitrogens is 3. The first-order valence-electron chi connectivity index (χ1n) is 7.84. The van der Waals surface area contributed by atoms with Crippen molar-refractivity contribution in [2.24, 2.45) is 5.10 Å². The molecule has 0 amide bonds. The zero-order valence-electron chi connectivity index (χ0n) is 14.3. The highest BCUT2D eigenvalue weighted by molar-refractivity contribution is 7.71. The van der Waals surface area contributed by atoms with Crippen molar-refractivity contribution in [1.29, 1.82) is 0 Å². The van der Waals surface area contributed by atoms with Gasteiger partial charge in [-0.05, 0) is 42.0 Å². The third-order valence-corrected chi connectivity index (χ3v) is 3.85. The lowest BCUT2D eigenvalue weighted by molar-refractivity contribution is 0.279. The number of H-pyrrole nitrogens is 1. The van der Waals surface area contributed by atoms with Crippen molar-refractivity contribution in [2.75, 3.05) is 7.11 Å². The van der Waals surface area contributed by atoms with Crippen LogP contribution in [0.4, 0.5) is 4.39 Å². The fourth-order valence-electron chi connectivity index (χ4n) is 2.23. The first-order valence-corrected chi connectivity index (χ1v) is 8.24. The zero-order valence-corrected chi connectivity index (χ0v) is 15.1. The summed E-state index contributed by atoms with van der Waals surface area (Å²) < 4.78 is 25.8. The normalized spacial score (nSPS) is 10.9. The highest BCUT2D eigenvalue weighted by Gasteiger charge is 2.08. The van der Waals surface area contributed by atoms with Crippen molar-refractivity contribution in [2.45, 2.75) is 6.61 Å². The summed E-state index contributed by atoms with van der Waals surface area (Å²) in [6, 6.07) is 11.5. The SMILES string of the molecule is COc1cc(/C=N/n2c(=O)cn[nH]c2=S)ccc1OCc1ccccc1F. The second-order valence-electron chi connectivity index (χ2n) is 5.36. The maximum absolute atomic E-state index is 13.7. The van der Waals surface area contributed by atoms with Crippen molar-refractivity contribution in [3.8, 4) is 11.5 Å². The van der Waals surface area contributed by atoms with Crippen LogP contribution in [0.25, 0.3) is 0 Å². The molecule has 0 saturated carbocycles. The summed E-state index contributed by atoms with van der Waals surface area (Å²) in [4.78, 5) is 11.7. The Morgan fingerprint density at radius 2 is 2.11 bits per heavy atom. The monoisotopic (exact) mass is 386 g/mol. The minimum atomic E-state index is -0.452. The Morgan fingerprint density at radius 1 is 1.30 bits per heavy atom. The third-order valence-electron chi connectivity index (χ3n) is 3.59. The molecule has 0 bridgehead atoms. The van der Waals surface area contributed by atoms with Crippen LogP contribution in [-0.2, 0) is 6.61 Å². The molecule has 27 heavy (non-hydrogen) atoms. The highest BCUT2D eigenvalue weighted by atomic mass is 32.1. The molecule has 1 aromatic heterocycles. The molecule has 0 atom stereocenters. The Kier molecular flexibility index (Phi) is 5.72. The quantitative estimate of drug-likeness (QED) is 0.520. The van der Waals surface area contributed by atoms with Gasteiger partial charge in [-0.15, -0.1) is 0 Å². The summed E-state index contributed by atoms with van der Waals surface area (Å²) in [5.74, 6) is 0.568. The molecule has 3 aromatic rings. The lowest BCUT2D eigenvalue weighted by Crippen LogP contribution is -2.18. The van der Waals surface area contributed by atoms with Gasteiger partial charge >= 0.3 is 0 Å². The first kappa shape index (κ1) is 18.5. The molecule has 1 N–H and O–H groups in total. The number of rotatable bonds is 6. The summed E-state index contributed by atoms with van der Waals surface area (Å²) in [7, 11) is 1.50. The number of benzene rings is 2. The number of nitrogens with one attached hydrogen (secondary N) is 1. The van der Waals surface area contributed by atoms with Crippen molar-refractivity contribution in [3.05, 3.63) is 80.7 Å². The molecule has 3 rings (SSSR count). The van der Waals surface area contributed by atoms with E-state index in [1.165, 1.54) is 19.4 Å². The van der Waals surface area contributed by atoms with Gasteiger partial charge in [-0.1, -0.05) is 18.2 Å². The van der Waals surface area contributed by atoms with Gasteiger partial charge in [0.05, 0.1) is 13.3 Å². The lowest BCUT2D eigenvalue weighted by atomic mass is 10.2. The summed E-state index contributed by atoms with van der Waals surface area (Å²) in [5.41, 5.74) is 0.645. The molecular formula is C18H15FN4O3S. The Balaban J connectivity index is 1.80. The summed E-state index contributed by atoms with van der Waals surface area (Å²) in [6.07, 6.45) is 2.53. The van der Waals surface area contributed by atoms with E-state index in [1.807, 2.05) is 0 Å². The number of halogens is 1. The lowest BCUT2D eigenvalue weighted by Gasteiger charge is -2.11. The molecule has 138 valence electrons. The fraction of sp³-hybridized carbons (Fsp3) is 0.111. The van der Waals surface area contributed by atoms with Crippen LogP contribution in [0.5, 0.6) is 11.5 Å². The van der Waals surface area contributed by atoms with Crippen LogP contribution >= 0.6 is 12.2 Å². The second kappa shape index (κ2) is 8.37. The molecule has 0 fully saturated rings. The summed E-state index contributed by atoms with van der Waals surface area (Å²) in [5, 5.41) is 10.1. The standard InChI is InChI=1S/C18H15FN4O3S/c1-25-16-8-12(9-21-23-17(24)10-20-22-18(23)27)6-7-15(16)26-11-13-4-2-3-5-14(13)19/h2-10H,11H2,1H3,(H,22,27)/b21-9+. The van der Waals surface area contributed by atoms with E-state index >= 15 is 0 Å². The van der Waals surface area contributed by atoms with Crippen LogP contribution in [0, 0.1) is 10.6 Å². The van der Waals surface area contributed by atoms with Crippen LogP contribution in [0.15, 0.2) is 58.6 Å². The van der Waals surface area contributed by atoms with Crippen LogP contribution in [0.3, 0.4) is 0 Å². The molecular weight excluding hydrogens is 371 g/mol. The van der Waals surface area contributed by atoms with Gasteiger partial charge in [0.25, 0.3) is 5.56 Å². The van der Waals surface area contributed by atoms with Gasteiger partial charge in [-0.25, -0.2) is 4.39 Å². The second-order valence-corrected chi connectivity index (χ2v) is 5.75. The van der Waals surface area contributed by atoms with Crippen molar-refractivity contribution in [1.82, 2.24) is 14.9 Å². The number of nitrogens with zero attached hydrogens (tertiary/aromatic N) is 3. The van der Waals surface area contributed by atoms with E-state index in [-0.39, 0.29) is 17.2 Å². The Morgan fingerprint density at radius 3 is 2.85 bits per heavy atom. The minimum absolute atomic E-state index is 0.0675. The smallest absolute Gasteiger partial charge is 0.293 e. The van der Waals surface area contributed by atoms with Gasteiger partial charge < -0.3 is 9.47 Å². The molecule has 0 radical (unpaired) electrons. The molecule has 0 aliphatic rings. The summed E-state index contributed by atoms with van der Waals surface area (Å²) in [6.45, 7) is 0.0675. The van der Waals surface area contributed by atoms with E-state index in [4.69, 9.17) is 21.7 Å². The predicted octanol–water partition coefficient (Wildman–Crippen LogP) is 2.91. The number of methoxy groups -OCH3 is 1. The zero-order chi connectivity index (χ0) is 19.2. The Bertz CT molecular complexity index is 1070. The van der Waals surface area contributed by atoms with Crippen LogP contribution < -0.4 is 15.0 Å². The first-order chi connectivity index (χ1) is 13.1. The molecule has 0 spiro atoms. The number of hydrogen-bond donors (Lipinski definition) is 1. The van der Waals surface area contributed by atoms with Crippen molar-refractivity contribution < 1.29 is 13.9 Å². The third kappa shape index (κ3) is 4.45. The van der Waals surface area contributed by atoms with Gasteiger partial charge in [0, 0.05) is 5.56 Å². The van der Waals surface area contributed by atoms with E-state index in [9.17, 15) is 9.18 Å². The van der Waals surface area contributed by atoms with E-state index in [0.717, 1.165) is 10.9 Å². The Hall–Kier alpha value is -3.33. The molecule has 0 aliphatic heterocycles. The minimum Gasteiger partial charge on any atom is -0.493 e. The van der Waals surface area contributed by atoms with E-state index in [0.29, 0.717) is 22.6 Å². The van der Waals surface area contributed by atoms with Crippen LogP contribution in [0.2, 0.25) is 0 Å². The maximum atomic E-state index is 13.7. The van der Waals surface area contributed by atoms with Gasteiger partial charge in [0.1, 0.15) is 18.6 Å². The van der Waals surface area contributed by atoms with E-state index in [1.54, 1.807) is 36.4 Å². The van der Waals surface area contributed by atoms with E-state index < -0.39 is 5.56 Å². The van der Waals surface area contributed by atoms with Crippen molar-refractivity contribution in [3.63, 3.8) is 0 Å². The summed E-state index contributed by atoms with van der Waals surface area (Å²) >= 11 is 4.97. The number of aromatic amines is 1. The van der Waals surface area contributed by atoms with Crippen molar-refractivity contribution >= 4 is 18.4 Å². The molecule has 2 aromatic carbocycles. The van der Waals surface area contributed by atoms with Gasteiger partial charge in [-0.3, -0.25) is 9.89 Å². The molecule has 1 heterocycles. The molecule has 0 unspecified atom stereocenters. The average molecular weight is 386 g/mol. The molecule has 9 heteroatoms. The largest absolute Gasteiger partial charge is 0.493 e. The van der Waals surface area contributed by atoms with E-state index in [2.05, 4.69) is 15.3 Å². The average Bonchev–Trinajstić information content (AvgIpc) is 2.67. The molecule has 7 nitrogen and oxygen atoms in total. The number of ether oxygens (including phenoxy) is 2. The van der Waals surface area contributed by atoms with Gasteiger partial charge in [0.2, 0.25) is 4.77 Å². The molecule has 0 aliphatic carbocycles. The number of hydrogen-bond acceptors (Lipinski definition) is 6. The topological polar surface area (TPSA) is 81.5 Å². The van der Waals surface area contributed by atoms with Gasteiger partial charge in [-0.2, -0.15) is 14.9 Å². The highest BCUT2D eigenvalue weighted by Crippen LogP contribution is 2.28. The molecule has 0 saturated heterocycles. The maximum Gasteiger partial charge on any atom is 0.293 e. The van der Waals surface area contributed by atoms with Crippen LogP contribution in [0.1, 0.15) is 11.1 Å². The van der Waals surface area contributed by atoms with Gasteiger partial charge in [0.15, 0.2) is 11.5 Å². The Labute approximate surface area is 158 Å². The fourth-order valence-corrected chi connectivity index (χ4v) is 2.42.